The Morgan fingerprint density at radius 3 is 2.22 bits per heavy atom. The lowest BCUT2D eigenvalue weighted by molar-refractivity contribution is -0.120. The first-order valence-electron chi connectivity index (χ1n) is 10.1. The van der Waals surface area contributed by atoms with E-state index in [2.05, 4.69) is 5.32 Å². The third-order valence-corrected chi connectivity index (χ3v) is 5.24. The number of benzene rings is 3. The molecule has 0 bridgehead atoms. The van der Waals surface area contributed by atoms with Crippen LogP contribution in [0.1, 0.15) is 12.5 Å². The number of nitrogens with zero attached hydrogens (tertiary/aromatic N) is 1. The highest BCUT2D eigenvalue weighted by atomic mass is 35.5. The number of imide groups is 1. The molecule has 1 heterocycles. The van der Waals surface area contributed by atoms with Gasteiger partial charge in [-0.05, 0) is 48.9 Å². The molecule has 4 rings (SSSR count). The van der Waals surface area contributed by atoms with Gasteiger partial charge in [-0.3, -0.25) is 9.59 Å². The van der Waals surface area contributed by atoms with Crippen molar-refractivity contribution in [2.45, 2.75) is 6.92 Å². The van der Waals surface area contributed by atoms with Gasteiger partial charge < -0.3 is 14.8 Å². The fourth-order valence-electron chi connectivity index (χ4n) is 3.55. The van der Waals surface area contributed by atoms with Crippen LogP contribution in [0.15, 0.2) is 78.5 Å². The highest BCUT2D eigenvalue weighted by molar-refractivity contribution is 6.46. The minimum atomic E-state index is -0.490. The van der Waals surface area contributed by atoms with Crippen LogP contribution in [-0.4, -0.2) is 25.5 Å². The van der Waals surface area contributed by atoms with Crippen LogP contribution in [0.5, 0.6) is 11.5 Å². The number of nitrogens with one attached hydrogen (secondary N) is 1. The highest BCUT2D eigenvalue weighted by Gasteiger charge is 2.41. The third-order valence-electron chi connectivity index (χ3n) is 4.99. The molecular formula is C25H21ClN2O4. The van der Waals surface area contributed by atoms with Gasteiger partial charge >= 0.3 is 0 Å². The standard InChI is InChI=1S/C25H21ClN2O4/c1-3-32-20-10-6-4-8-18(20)27-23-22(16-12-14-17(26)15-13-16)24(29)28(25(23)30)19-9-5-7-11-21(19)31-2/h4-15,27H,3H2,1-2H3. The number of anilines is 2. The lowest BCUT2D eigenvalue weighted by Crippen LogP contribution is -2.32. The molecule has 0 atom stereocenters. The van der Waals surface area contributed by atoms with Gasteiger partial charge in [-0.25, -0.2) is 4.90 Å². The molecule has 3 aromatic rings. The average Bonchev–Trinajstić information content (AvgIpc) is 3.05. The van der Waals surface area contributed by atoms with Crippen molar-refractivity contribution in [1.82, 2.24) is 0 Å². The van der Waals surface area contributed by atoms with Crippen molar-refractivity contribution in [3.63, 3.8) is 0 Å². The number of rotatable bonds is 7. The molecule has 0 fully saturated rings. The van der Waals surface area contributed by atoms with Crippen molar-refractivity contribution in [3.8, 4) is 11.5 Å². The lowest BCUT2D eigenvalue weighted by Gasteiger charge is -2.18. The van der Waals surface area contributed by atoms with E-state index in [0.29, 0.717) is 40.1 Å². The Morgan fingerprint density at radius 2 is 1.53 bits per heavy atom. The fourth-order valence-corrected chi connectivity index (χ4v) is 3.68. The third kappa shape index (κ3) is 3.92. The van der Waals surface area contributed by atoms with Crippen molar-refractivity contribution < 1.29 is 19.1 Å². The SMILES string of the molecule is CCOc1ccccc1NC1=C(c2ccc(Cl)cc2)C(=O)N(c2ccccc2OC)C1=O. The summed E-state index contributed by atoms with van der Waals surface area (Å²) in [7, 11) is 1.49. The predicted molar refractivity (Wildman–Crippen MR) is 125 cm³/mol. The van der Waals surface area contributed by atoms with Crippen LogP contribution in [0.2, 0.25) is 5.02 Å². The summed E-state index contributed by atoms with van der Waals surface area (Å²) in [6, 6.07) is 20.9. The van der Waals surface area contributed by atoms with Crippen LogP contribution < -0.4 is 19.7 Å². The maximum absolute atomic E-state index is 13.6. The van der Waals surface area contributed by atoms with Gasteiger partial charge in [0.25, 0.3) is 11.8 Å². The van der Waals surface area contributed by atoms with Crippen LogP contribution in [0.4, 0.5) is 11.4 Å². The maximum atomic E-state index is 13.6. The molecule has 0 spiro atoms. The van der Waals surface area contributed by atoms with Crippen LogP contribution >= 0.6 is 11.6 Å². The van der Waals surface area contributed by atoms with Gasteiger partial charge in [-0.1, -0.05) is 48.0 Å². The van der Waals surface area contributed by atoms with Gasteiger partial charge in [0.05, 0.1) is 30.7 Å². The minimum Gasteiger partial charge on any atom is -0.495 e. The monoisotopic (exact) mass is 448 g/mol. The van der Waals surface area contributed by atoms with E-state index in [4.69, 9.17) is 21.1 Å². The van der Waals surface area contributed by atoms with E-state index in [9.17, 15) is 9.59 Å². The first-order valence-corrected chi connectivity index (χ1v) is 10.4. The summed E-state index contributed by atoms with van der Waals surface area (Å²) in [4.78, 5) is 28.3. The van der Waals surface area contributed by atoms with Crippen molar-refractivity contribution in [2.24, 2.45) is 0 Å². The summed E-state index contributed by atoms with van der Waals surface area (Å²) in [6.07, 6.45) is 0. The summed E-state index contributed by atoms with van der Waals surface area (Å²) in [5, 5.41) is 3.68. The largest absolute Gasteiger partial charge is 0.495 e. The number of methoxy groups -OCH3 is 1. The normalized spacial score (nSPS) is 13.5. The number of amides is 2. The molecule has 1 aliphatic rings. The van der Waals surface area contributed by atoms with Crippen LogP contribution in [-0.2, 0) is 9.59 Å². The van der Waals surface area contributed by atoms with Gasteiger partial charge in [0.1, 0.15) is 17.2 Å². The van der Waals surface area contributed by atoms with Gasteiger partial charge in [-0.2, -0.15) is 0 Å². The second kappa shape index (κ2) is 9.16. The second-order valence-corrected chi connectivity index (χ2v) is 7.37. The minimum absolute atomic E-state index is 0.149. The van der Waals surface area contributed by atoms with E-state index in [1.54, 1.807) is 60.7 Å². The topological polar surface area (TPSA) is 67.9 Å². The zero-order valence-electron chi connectivity index (χ0n) is 17.6. The average molecular weight is 449 g/mol. The van der Waals surface area contributed by atoms with E-state index < -0.39 is 11.8 Å². The zero-order valence-corrected chi connectivity index (χ0v) is 18.3. The molecule has 7 heteroatoms. The summed E-state index contributed by atoms with van der Waals surface area (Å²) in [5.74, 6) is 0.0449. The van der Waals surface area contributed by atoms with Gasteiger partial charge in [0.2, 0.25) is 0 Å². The van der Waals surface area contributed by atoms with E-state index in [-0.39, 0.29) is 11.3 Å². The number of para-hydroxylation sites is 4. The molecule has 2 amide bonds. The van der Waals surface area contributed by atoms with Crippen molar-refractivity contribution in [1.29, 1.82) is 0 Å². The molecule has 0 unspecified atom stereocenters. The smallest absolute Gasteiger partial charge is 0.282 e. The lowest BCUT2D eigenvalue weighted by atomic mass is 10.0. The molecule has 0 saturated carbocycles. The predicted octanol–water partition coefficient (Wildman–Crippen LogP) is 5.14. The molecular weight excluding hydrogens is 428 g/mol. The van der Waals surface area contributed by atoms with Gasteiger partial charge in [0.15, 0.2) is 0 Å². The van der Waals surface area contributed by atoms with Crippen LogP contribution in [0.3, 0.4) is 0 Å². The van der Waals surface area contributed by atoms with E-state index in [1.807, 2.05) is 19.1 Å². The Kier molecular flexibility index (Phi) is 6.14. The number of hydrogen-bond acceptors (Lipinski definition) is 5. The molecule has 1 aliphatic heterocycles. The van der Waals surface area contributed by atoms with Gasteiger partial charge in [-0.15, -0.1) is 0 Å². The molecule has 3 aromatic carbocycles. The molecule has 6 nitrogen and oxygen atoms in total. The Hall–Kier alpha value is -3.77. The highest BCUT2D eigenvalue weighted by Crippen LogP contribution is 2.38. The Labute approximate surface area is 191 Å². The zero-order chi connectivity index (χ0) is 22.7. The molecule has 0 saturated heterocycles. The fraction of sp³-hybridized carbons (Fsp3) is 0.120. The summed E-state index contributed by atoms with van der Waals surface area (Å²) in [6.45, 7) is 2.34. The van der Waals surface area contributed by atoms with Crippen molar-refractivity contribution >= 4 is 40.4 Å². The Balaban J connectivity index is 1.85. The molecule has 0 aliphatic carbocycles. The molecule has 1 N–H and O–H groups in total. The van der Waals surface area contributed by atoms with E-state index >= 15 is 0 Å². The maximum Gasteiger partial charge on any atom is 0.282 e. The van der Waals surface area contributed by atoms with Crippen LogP contribution in [0, 0.1) is 0 Å². The summed E-state index contributed by atoms with van der Waals surface area (Å²) in [5.41, 5.74) is 1.91. The number of carbonyl (C=O) groups is 2. The number of hydrogen-bond donors (Lipinski definition) is 1. The van der Waals surface area contributed by atoms with E-state index in [0.717, 1.165) is 4.90 Å². The Morgan fingerprint density at radius 1 is 0.875 bits per heavy atom. The molecule has 162 valence electrons. The summed E-state index contributed by atoms with van der Waals surface area (Å²) >= 11 is 6.04. The molecule has 0 aromatic heterocycles. The quantitative estimate of drug-likeness (QED) is 0.506. The first kappa shape index (κ1) is 21.5. The molecule has 32 heavy (non-hydrogen) atoms. The van der Waals surface area contributed by atoms with Gasteiger partial charge in [0, 0.05) is 5.02 Å². The first-order chi connectivity index (χ1) is 15.5. The number of halogens is 1. The summed E-state index contributed by atoms with van der Waals surface area (Å²) < 4.78 is 11.1. The number of ether oxygens (including phenoxy) is 2. The molecule has 0 radical (unpaired) electrons. The second-order valence-electron chi connectivity index (χ2n) is 6.93. The van der Waals surface area contributed by atoms with E-state index in [1.165, 1.54) is 7.11 Å². The van der Waals surface area contributed by atoms with Crippen molar-refractivity contribution in [3.05, 3.63) is 89.1 Å². The van der Waals surface area contributed by atoms with Crippen molar-refractivity contribution in [2.75, 3.05) is 23.9 Å². The number of carbonyl (C=O) groups excluding carboxylic acids is 2. The Bertz CT molecular complexity index is 1200. The van der Waals surface area contributed by atoms with Crippen LogP contribution in [0.25, 0.3) is 5.57 Å².